The van der Waals surface area contributed by atoms with E-state index in [9.17, 15) is 0 Å². The van der Waals surface area contributed by atoms with Crippen LogP contribution < -0.4 is 10.2 Å². The highest BCUT2D eigenvalue weighted by Gasteiger charge is 2.23. The fourth-order valence-electron chi connectivity index (χ4n) is 2.63. The Hall–Kier alpha value is -1.16. The van der Waals surface area contributed by atoms with Gasteiger partial charge in [-0.15, -0.1) is 0 Å². The zero-order valence-electron chi connectivity index (χ0n) is 10.8. The molecule has 4 heteroatoms. The molecule has 1 saturated heterocycles. The predicted octanol–water partition coefficient (Wildman–Crippen LogP) is 1.96. The van der Waals surface area contributed by atoms with Crippen molar-refractivity contribution in [3.8, 4) is 0 Å². The Labute approximate surface area is 103 Å². The maximum Gasteiger partial charge on any atom is 0.136 e. The van der Waals surface area contributed by atoms with Gasteiger partial charge in [0.05, 0.1) is 0 Å². The SMILES string of the molecule is CCC1CCCCN1c1ncncc1CNC. The Morgan fingerprint density at radius 3 is 3.12 bits per heavy atom. The van der Waals surface area contributed by atoms with Crippen LogP contribution in [0, 0.1) is 0 Å². The molecular formula is C13H22N4. The topological polar surface area (TPSA) is 41.1 Å². The molecule has 1 atom stereocenters. The second-order valence-corrected chi connectivity index (χ2v) is 4.65. The summed E-state index contributed by atoms with van der Waals surface area (Å²) in [5, 5.41) is 3.19. The molecule has 1 aliphatic rings. The van der Waals surface area contributed by atoms with Crippen molar-refractivity contribution in [3.63, 3.8) is 0 Å². The number of nitrogens with one attached hydrogen (secondary N) is 1. The van der Waals surface area contributed by atoms with E-state index in [-0.39, 0.29) is 0 Å². The van der Waals surface area contributed by atoms with Gasteiger partial charge < -0.3 is 10.2 Å². The first kappa shape index (κ1) is 12.3. The second-order valence-electron chi connectivity index (χ2n) is 4.65. The molecule has 1 unspecified atom stereocenters. The minimum Gasteiger partial charge on any atom is -0.353 e. The summed E-state index contributed by atoms with van der Waals surface area (Å²) in [5.74, 6) is 1.13. The molecule has 0 spiro atoms. The molecule has 0 saturated carbocycles. The van der Waals surface area contributed by atoms with Gasteiger partial charge in [0.15, 0.2) is 0 Å². The molecule has 0 aliphatic carbocycles. The van der Waals surface area contributed by atoms with Crippen molar-refractivity contribution >= 4 is 5.82 Å². The van der Waals surface area contributed by atoms with Crippen molar-refractivity contribution in [1.82, 2.24) is 15.3 Å². The lowest BCUT2D eigenvalue weighted by Gasteiger charge is -2.37. The van der Waals surface area contributed by atoms with E-state index in [4.69, 9.17) is 0 Å². The lowest BCUT2D eigenvalue weighted by molar-refractivity contribution is 0.445. The molecular weight excluding hydrogens is 212 g/mol. The third kappa shape index (κ3) is 2.75. The average Bonchev–Trinajstić information content (AvgIpc) is 2.40. The lowest BCUT2D eigenvalue weighted by Crippen LogP contribution is -2.40. The number of hydrogen-bond acceptors (Lipinski definition) is 4. The van der Waals surface area contributed by atoms with Gasteiger partial charge in [-0.25, -0.2) is 9.97 Å². The highest BCUT2D eigenvalue weighted by Crippen LogP contribution is 2.26. The minimum absolute atomic E-state index is 0.647. The average molecular weight is 234 g/mol. The minimum atomic E-state index is 0.647. The van der Waals surface area contributed by atoms with Crippen LogP contribution in [0.3, 0.4) is 0 Å². The molecule has 4 nitrogen and oxygen atoms in total. The molecule has 1 aromatic heterocycles. The number of hydrogen-bond donors (Lipinski definition) is 1. The van der Waals surface area contributed by atoms with Gasteiger partial charge in [0.1, 0.15) is 12.1 Å². The van der Waals surface area contributed by atoms with Crippen LogP contribution in [0.1, 0.15) is 38.2 Å². The normalized spacial score (nSPS) is 20.6. The van der Waals surface area contributed by atoms with Gasteiger partial charge in [0, 0.05) is 30.9 Å². The number of nitrogens with zero attached hydrogens (tertiary/aromatic N) is 3. The summed E-state index contributed by atoms with van der Waals surface area (Å²) < 4.78 is 0. The quantitative estimate of drug-likeness (QED) is 0.864. The maximum atomic E-state index is 4.49. The van der Waals surface area contributed by atoms with Crippen LogP contribution in [-0.2, 0) is 6.54 Å². The second kappa shape index (κ2) is 5.96. The molecule has 17 heavy (non-hydrogen) atoms. The molecule has 94 valence electrons. The molecule has 1 aromatic rings. The van der Waals surface area contributed by atoms with Crippen molar-refractivity contribution < 1.29 is 0 Å². The molecule has 1 aliphatic heterocycles. The van der Waals surface area contributed by atoms with Gasteiger partial charge in [-0.2, -0.15) is 0 Å². The summed E-state index contributed by atoms with van der Waals surface area (Å²) in [5.41, 5.74) is 1.20. The Balaban J connectivity index is 2.24. The molecule has 0 amide bonds. The largest absolute Gasteiger partial charge is 0.353 e. The van der Waals surface area contributed by atoms with E-state index in [0.29, 0.717) is 6.04 Å². The smallest absolute Gasteiger partial charge is 0.136 e. The van der Waals surface area contributed by atoms with Gasteiger partial charge in [0.25, 0.3) is 0 Å². The van der Waals surface area contributed by atoms with E-state index >= 15 is 0 Å². The van der Waals surface area contributed by atoms with E-state index in [0.717, 1.165) is 18.9 Å². The molecule has 0 aromatic carbocycles. The first-order chi connectivity index (χ1) is 8.36. The highest BCUT2D eigenvalue weighted by molar-refractivity contribution is 5.46. The Kier molecular flexibility index (Phi) is 4.31. The van der Waals surface area contributed by atoms with Crippen LogP contribution >= 0.6 is 0 Å². The van der Waals surface area contributed by atoms with E-state index < -0.39 is 0 Å². The van der Waals surface area contributed by atoms with Crippen molar-refractivity contribution in [3.05, 3.63) is 18.1 Å². The monoisotopic (exact) mass is 234 g/mol. The number of aromatic nitrogens is 2. The van der Waals surface area contributed by atoms with Crippen LogP contribution in [0.4, 0.5) is 5.82 Å². The highest BCUT2D eigenvalue weighted by atomic mass is 15.2. The summed E-state index contributed by atoms with van der Waals surface area (Å²) in [7, 11) is 1.96. The first-order valence-electron chi connectivity index (χ1n) is 6.57. The Morgan fingerprint density at radius 1 is 1.47 bits per heavy atom. The summed E-state index contributed by atoms with van der Waals surface area (Å²) in [6, 6.07) is 0.647. The van der Waals surface area contributed by atoms with Crippen molar-refractivity contribution in [2.75, 3.05) is 18.5 Å². The fraction of sp³-hybridized carbons (Fsp3) is 0.692. The van der Waals surface area contributed by atoms with Crippen molar-refractivity contribution in [2.45, 2.75) is 45.2 Å². The van der Waals surface area contributed by atoms with E-state index in [1.165, 1.54) is 31.2 Å². The lowest BCUT2D eigenvalue weighted by atomic mass is 9.99. The summed E-state index contributed by atoms with van der Waals surface area (Å²) in [4.78, 5) is 11.1. The van der Waals surface area contributed by atoms with Crippen LogP contribution in [0.5, 0.6) is 0 Å². The summed E-state index contributed by atoms with van der Waals surface area (Å²) >= 11 is 0. The Morgan fingerprint density at radius 2 is 2.35 bits per heavy atom. The van der Waals surface area contributed by atoms with Crippen LogP contribution in [0.25, 0.3) is 0 Å². The molecule has 1 fully saturated rings. The molecule has 1 N–H and O–H groups in total. The van der Waals surface area contributed by atoms with Gasteiger partial charge in [-0.05, 0) is 32.7 Å². The third-order valence-corrected chi connectivity index (χ3v) is 3.50. The third-order valence-electron chi connectivity index (χ3n) is 3.50. The molecule has 2 rings (SSSR count). The summed E-state index contributed by atoms with van der Waals surface area (Å²) in [6.07, 6.45) is 8.71. The van der Waals surface area contributed by atoms with Gasteiger partial charge in [-0.1, -0.05) is 6.92 Å². The van der Waals surface area contributed by atoms with E-state index in [2.05, 4.69) is 27.1 Å². The Bertz CT molecular complexity index is 353. The van der Waals surface area contributed by atoms with Gasteiger partial charge >= 0.3 is 0 Å². The number of piperidine rings is 1. The van der Waals surface area contributed by atoms with Crippen LogP contribution in [0.2, 0.25) is 0 Å². The van der Waals surface area contributed by atoms with Gasteiger partial charge in [-0.3, -0.25) is 0 Å². The number of anilines is 1. The molecule has 2 heterocycles. The standard InChI is InChI=1S/C13H22N4/c1-3-12-6-4-5-7-17(12)13-11(8-14-2)9-15-10-16-13/h9-10,12,14H,3-8H2,1-2H3. The summed E-state index contributed by atoms with van der Waals surface area (Å²) in [6.45, 7) is 4.23. The van der Waals surface area contributed by atoms with Gasteiger partial charge in [0.2, 0.25) is 0 Å². The fourth-order valence-corrected chi connectivity index (χ4v) is 2.63. The zero-order valence-corrected chi connectivity index (χ0v) is 10.8. The maximum absolute atomic E-state index is 4.49. The molecule has 0 bridgehead atoms. The molecule has 0 radical (unpaired) electrons. The van der Waals surface area contributed by atoms with Crippen molar-refractivity contribution in [2.24, 2.45) is 0 Å². The first-order valence-corrected chi connectivity index (χ1v) is 6.57. The number of rotatable bonds is 4. The predicted molar refractivity (Wildman–Crippen MR) is 70.1 cm³/mol. The van der Waals surface area contributed by atoms with Crippen molar-refractivity contribution in [1.29, 1.82) is 0 Å². The zero-order chi connectivity index (χ0) is 12.1. The van der Waals surface area contributed by atoms with E-state index in [1.54, 1.807) is 6.33 Å². The van der Waals surface area contributed by atoms with E-state index in [1.807, 2.05) is 13.2 Å². The van der Waals surface area contributed by atoms with Crippen LogP contribution in [-0.4, -0.2) is 29.6 Å². The van der Waals surface area contributed by atoms with Crippen LogP contribution in [0.15, 0.2) is 12.5 Å².